The minimum atomic E-state index is -2.63. The molecule has 2 aliphatic heterocycles. The van der Waals surface area contributed by atoms with Gasteiger partial charge < -0.3 is 5.11 Å². The van der Waals surface area contributed by atoms with Gasteiger partial charge in [-0.25, -0.2) is 26.9 Å². The number of rotatable bonds is 4. The number of phenols is 1. The first-order chi connectivity index (χ1) is 22.7. The summed E-state index contributed by atoms with van der Waals surface area (Å²) in [5.74, 6) is -21.1. The lowest BCUT2D eigenvalue weighted by molar-refractivity contribution is -0.125. The van der Waals surface area contributed by atoms with Crippen molar-refractivity contribution >= 4 is 58.2 Å². The van der Waals surface area contributed by atoms with Crippen molar-refractivity contribution in [3.05, 3.63) is 100 Å². The van der Waals surface area contributed by atoms with E-state index >= 15 is 8.78 Å². The Bertz CT molecular complexity index is 1960. The summed E-state index contributed by atoms with van der Waals surface area (Å²) < 4.78 is 72.9. The molecule has 0 radical (unpaired) electrons. The van der Waals surface area contributed by atoms with Gasteiger partial charge in [-0.05, 0) is 60.6 Å². The van der Waals surface area contributed by atoms with Crippen LogP contribution in [0.25, 0.3) is 0 Å². The molecule has 248 valence electrons. The summed E-state index contributed by atoms with van der Waals surface area (Å²) >= 11 is 14.2. The molecule has 3 aromatic carbocycles. The van der Waals surface area contributed by atoms with Crippen molar-refractivity contribution in [2.45, 2.75) is 41.9 Å². The molecule has 0 unspecified atom stereocenters. The van der Waals surface area contributed by atoms with Gasteiger partial charge in [0.2, 0.25) is 17.6 Å². The third kappa shape index (κ3) is 4.05. The van der Waals surface area contributed by atoms with Gasteiger partial charge in [0.05, 0.1) is 17.5 Å². The van der Waals surface area contributed by atoms with Crippen molar-refractivity contribution in [1.82, 2.24) is 0 Å². The van der Waals surface area contributed by atoms with Gasteiger partial charge in [0.15, 0.2) is 33.0 Å². The summed E-state index contributed by atoms with van der Waals surface area (Å²) in [6.45, 7) is 1.94. The molecule has 14 heteroatoms. The number of nitrogens with zero attached hydrogens (tertiary/aromatic N) is 2. The van der Waals surface area contributed by atoms with E-state index in [4.69, 9.17) is 23.2 Å². The minimum Gasteiger partial charge on any atom is -0.508 e. The van der Waals surface area contributed by atoms with Crippen LogP contribution in [-0.4, -0.2) is 38.5 Å². The van der Waals surface area contributed by atoms with Crippen LogP contribution < -0.4 is 9.80 Å². The quantitative estimate of drug-likeness (QED) is 0.0845. The van der Waals surface area contributed by atoms with E-state index in [0.717, 1.165) is 10.5 Å². The molecule has 1 saturated carbocycles. The normalized spacial score (nSPS) is 29.6. The fraction of sp³-hybridized carbons (Fsp3) is 0.294. The Morgan fingerprint density at radius 2 is 1.35 bits per heavy atom. The third-order valence-electron chi connectivity index (χ3n) is 10.1. The minimum absolute atomic E-state index is 0.0188. The van der Waals surface area contributed by atoms with Gasteiger partial charge in [0, 0.05) is 5.92 Å². The van der Waals surface area contributed by atoms with Crippen molar-refractivity contribution in [2.75, 3.05) is 9.80 Å². The molecule has 48 heavy (non-hydrogen) atoms. The van der Waals surface area contributed by atoms with Gasteiger partial charge in [0.1, 0.15) is 11.4 Å². The van der Waals surface area contributed by atoms with Crippen LogP contribution in [0.2, 0.25) is 0 Å². The molecule has 3 fully saturated rings. The molecule has 0 aromatic heterocycles. The Morgan fingerprint density at radius 3 is 1.94 bits per heavy atom. The average Bonchev–Trinajstić information content (AvgIpc) is 3.41. The summed E-state index contributed by atoms with van der Waals surface area (Å²) in [6, 6.07) is 12.0. The number of alkyl halides is 2. The number of phenolic OH excluding ortho intramolecular Hbond substituents is 1. The number of benzene rings is 3. The number of aromatic hydroxyl groups is 1. The van der Waals surface area contributed by atoms with E-state index in [1.54, 1.807) is 30.3 Å². The Kier molecular flexibility index (Phi) is 7.30. The maximum atomic E-state index is 15.1. The Balaban J connectivity index is 1.40. The lowest BCUT2D eigenvalue weighted by Gasteiger charge is -2.50. The van der Waals surface area contributed by atoms with Gasteiger partial charge in [-0.1, -0.05) is 42.8 Å². The van der Waals surface area contributed by atoms with Crippen LogP contribution in [-0.2, 0) is 25.6 Å². The molecule has 2 aliphatic carbocycles. The Labute approximate surface area is 279 Å². The Hall–Kier alpha value is -4.29. The number of carbonyl (C=O) groups excluding carboxylic acids is 4. The molecule has 0 bridgehead atoms. The molecule has 4 amide bonds. The van der Waals surface area contributed by atoms with Gasteiger partial charge in [-0.15, -0.1) is 23.2 Å². The first-order valence-corrected chi connectivity index (χ1v) is 15.7. The van der Waals surface area contributed by atoms with Gasteiger partial charge in [0.25, 0.3) is 11.8 Å². The highest BCUT2D eigenvalue weighted by Crippen LogP contribution is 2.66. The van der Waals surface area contributed by atoms with Crippen molar-refractivity contribution in [3.8, 4) is 5.75 Å². The van der Waals surface area contributed by atoms with Crippen LogP contribution in [0.3, 0.4) is 0 Å². The van der Waals surface area contributed by atoms with E-state index in [1.165, 1.54) is 24.3 Å². The van der Waals surface area contributed by atoms with Gasteiger partial charge >= 0.3 is 0 Å². The van der Waals surface area contributed by atoms with E-state index in [1.807, 2.05) is 6.92 Å². The first-order valence-electron chi connectivity index (χ1n) is 14.9. The topological polar surface area (TPSA) is 95.0 Å². The number of hydrogen-bond acceptors (Lipinski definition) is 5. The second-order valence-electron chi connectivity index (χ2n) is 12.3. The van der Waals surface area contributed by atoms with E-state index < -0.39 is 98.2 Å². The molecule has 7 rings (SSSR count). The highest BCUT2D eigenvalue weighted by atomic mass is 35.5. The van der Waals surface area contributed by atoms with Crippen LogP contribution in [0, 0.1) is 46.8 Å². The zero-order valence-electron chi connectivity index (χ0n) is 24.7. The molecular weight excluding hydrogens is 682 g/mol. The van der Waals surface area contributed by atoms with Crippen molar-refractivity contribution < 1.29 is 46.2 Å². The molecule has 2 heterocycles. The lowest BCUT2D eigenvalue weighted by atomic mass is 9.56. The zero-order valence-corrected chi connectivity index (χ0v) is 26.3. The van der Waals surface area contributed by atoms with Crippen molar-refractivity contribution in [1.29, 1.82) is 0 Å². The van der Waals surface area contributed by atoms with Crippen LogP contribution >= 0.6 is 23.2 Å². The summed E-state index contributed by atoms with van der Waals surface area (Å²) in [5, 5.41) is 9.99. The predicted octanol–water partition coefficient (Wildman–Crippen LogP) is 6.42. The summed E-state index contributed by atoms with van der Waals surface area (Å²) in [4.78, 5) is 51.9. The number of fused-ring (bicyclic) bond motifs is 4. The SMILES string of the molecule is CCc1ccc(N2C(=O)[C@H]3[C@H](CC=C4[C@H]3C[C@@]3(Cl)C(=O)N(c5c(F)c(F)c(F)c(F)c5F)C(=O)[C@@]3(Cl)[C@H]4c3ccc(O)cc3)C2=O)cc1. The molecule has 2 saturated heterocycles. The standard InChI is InChI=1S/C34H23Cl2F5N2O5/c1-2-14-3-7-16(8-4-14)42-29(45)19-12-11-18-20(21(19)30(42)46)13-33(35)31(47)43(28-26(40)24(38)23(37)25(39)27(28)41)32(48)34(33,36)22(18)15-5-9-17(44)10-6-15/h3-11,19-22,44H,2,12-13H2,1H3/t19-,20+,21-,22-,33+,34-/m0/s1. The second-order valence-corrected chi connectivity index (χ2v) is 13.6. The zero-order chi connectivity index (χ0) is 34.6. The lowest BCUT2D eigenvalue weighted by Crippen LogP contribution is -2.60. The van der Waals surface area contributed by atoms with E-state index in [2.05, 4.69) is 0 Å². The van der Waals surface area contributed by atoms with Crippen LogP contribution in [0.4, 0.5) is 33.3 Å². The number of carbonyl (C=O) groups is 4. The van der Waals surface area contributed by atoms with Crippen LogP contribution in [0.15, 0.2) is 60.2 Å². The van der Waals surface area contributed by atoms with Crippen LogP contribution in [0.1, 0.15) is 36.8 Å². The summed E-state index contributed by atoms with van der Waals surface area (Å²) in [7, 11) is 0. The third-order valence-corrected chi connectivity index (χ3v) is 11.5. The highest BCUT2D eigenvalue weighted by Gasteiger charge is 2.77. The largest absolute Gasteiger partial charge is 0.508 e. The maximum Gasteiger partial charge on any atom is 0.258 e. The molecule has 3 aromatic rings. The fourth-order valence-electron chi connectivity index (χ4n) is 7.74. The molecule has 0 spiro atoms. The number of allylic oxidation sites excluding steroid dienone is 2. The van der Waals surface area contributed by atoms with Crippen LogP contribution in [0.5, 0.6) is 5.75 Å². The first kappa shape index (κ1) is 32.3. The van der Waals surface area contributed by atoms with Gasteiger partial charge in [-0.2, -0.15) is 0 Å². The summed E-state index contributed by atoms with van der Waals surface area (Å²) in [5.41, 5.74) is -0.0530. The molecule has 4 aliphatic rings. The van der Waals surface area contributed by atoms with E-state index in [-0.39, 0.29) is 22.6 Å². The molecule has 7 nitrogen and oxygen atoms in total. The maximum absolute atomic E-state index is 15.1. The van der Waals surface area contributed by atoms with E-state index in [9.17, 15) is 37.5 Å². The number of halogens is 7. The highest BCUT2D eigenvalue weighted by molar-refractivity contribution is 6.58. The number of anilines is 2. The fourth-order valence-corrected chi connectivity index (χ4v) is 8.68. The smallest absolute Gasteiger partial charge is 0.258 e. The monoisotopic (exact) mass is 704 g/mol. The molecule has 6 atom stereocenters. The number of imide groups is 2. The van der Waals surface area contributed by atoms with E-state index in [0.29, 0.717) is 17.7 Å². The summed E-state index contributed by atoms with van der Waals surface area (Å²) in [6.07, 6.45) is 1.74. The average molecular weight is 705 g/mol. The number of aryl methyl sites for hydroxylation is 1. The van der Waals surface area contributed by atoms with Gasteiger partial charge in [-0.3, -0.25) is 24.1 Å². The molecule has 1 N–H and O–H groups in total. The number of amides is 4. The van der Waals surface area contributed by atoms with Crippen molar-refractivity contribution in [2.24, 2.45) is 17.8 Å². The number of hydrogen-bond donors (Lipinski definition) is 1. The Morgan fingerprint density at radius 1 is 0.771 bits per heavy atom. The predicted molar refractivity (Wildman–Crippen MR) is 163 cm³/mol. The second kappa shape index (κ2) is 10.9. The van der Waals surface area contributed by atoms with Crippen molar-refractivity contribution in [3.63, 3.8) is 0 Å². The molecular formula is C34H23Cl2F5N2O5.